The lowest BCUT2D eigenvalue weighted by Gasteiger charge is -1.92. The summed E-state index contributed by atoms with van der Waals surface area (Å²) in [6.45, 7) is 4.00. The van der Waals surface area contributed by atoms with Gasteiger partial charge in [0.05, 0.1) is 4.92 Å². The van der Waals surface area contributed by atoms with E-state index in [1.807, 2.05) is 13.8 Å². The van der Waals surface area contributed by atoms with Gasteiger partial charge in [0, 0.05) is 18.2 Å². The van der Waals surface area contributed by atoms with Crippen molar-refractivity contribution in [3.63, 3.8) is 0 Å². The Morgan fingerprint density at radius 1 is 1.44 bits per heavy atom. The van der Waals surface area contributed by atoms with Gasteiger partial charge in [0.15, 0.2) is 0 Å². The highest BCUT2D eigenvalue weighted by atomic mass is 16.6. The third-order valence-corrected chi connectivity index (χ3v) is 1.50. The molecule has 0 amide bonds. The number of aliphatic carboxylic acids is 1. The molecule has 0 saturated carbocycles. The lowest BCUT2D eigenvalue weighted by Crippen LogP contribution is -1.88. The van der Waals surface area contributed by atoms with E-state index in [0.29, 0.717) is 5.56 Å². The molecular weight excluding hydrogens is 210 g/mol. The van der Waals surface area contributed by atoms with Crippen molar-refractivity contribution < 1.29 is 14.8 Å². The summed E-state index contributed by atoms with van der Waals surface area (Å²) in [5.41, 5.74) is 0.430. The third kappa shape index (κ3) is 4.90. The molecule has 1 rings (SSSR count). The van der Waals surface area contributed by atoms with Crippen LogP contribution in [-0.4, -0.2) is 16.0 Å². The maximum Gasteiger partial charge on any atom is 0.328 e. The van der Waals surface area contributed by atoms with E-state index in [1.165, 1.54) is 24.3 Å². The molecular formula is C11H13NO4. The fraction of sp³-hybridized carbons (Fsp3) is 0.182. The summed E-state index contributed by atoms with van der Waals surface area (Å²) in [7, 11) is 0. The number of non-ortho nitro benzene ring substituents is 1. The van der Waals surface area contributed by atoms with Crippen molar-refractivity contribution in [1.29, 1.82) is 0 Å². The van der Waals surface area contributed by atoms with Crippen LogP contribution in [-0.2, 0) is 4.79 Å². The number of nitrogens with zero attached hydrogens (tertiary/aromatic N) is 1. The van der Waals surface area contributed by atoms with Gasteiger partial charge in [-0.05, 0) is 11.6 Å². The minimum atomic E-state index is -1.09. The summed E-state index contributed by atoms with van der Waals surface area (Å²) in [6, 6.07) is 5.74. The zero-order chi connectivity index (χ0) is 12.6. The summed E-state index contributed by atoms with van der Waals surface area (Å²) >= 11 is 0. The number of hydrogen-bond donors (Lipinski definition) is 1. The van der Waals surface area contributed by atoms with Gasteiger partial charge in [-0.3, -0.25) is 10.1 Å². The highest BCUT2D eigenvalue weighted by Crippen LogP contribution is 2.13. The molecule has 0 unspecified atom stereocenters. The van der Waals surface area contributed by atoms with Gasteiger partial charge in [-0.1, -0.05) is 26.0 Å². The average molecular weight is 223 g/mol. The van der Waals surface area contributed by atoms with E-state index < -0.39 is 10.9 Å². The molecule has 0 aliphatic heterocycles. The lowest BCUT2D eigenvalue weighted by molar-refractivity contribution is -0.384. The maximum absolute atomic E-state index is 10.4. The van der Waals surface area contributed by atoms with Gasteiger partial charge in [0.2, 0.25) is 0 Å². The zero-order valence-corrected chi connectivity index (χ0v) is 9.08. The van der Waals surface area contributed by atoms with E-state index in [2.05, 4.69) is 0 Å². The SMILES string of the molecule is CC.O=C(O)/C=C/c1cccc([N+](=O)[O-])c1. The predicted molar refractivity (Wildman–Crippen MR) is 61.1 cm³/mol. The van der Waals surface area contributed by atoms with Gasteiger partial charge < -0.3 is 5.11 Å². The molecule has 86 valence electrons. The molecule has 0 aliphatic rings. The topological polar surface area (TPSA) is 80.4 Å². The second kappa shape index (κ2) is 7.17. The van der Waals surface area contributed by atoms with Crippen LogP contribution in [0.5, 0.6) is 0 Å². The molecule has 0 saturated heterocycles. The molecule has 0 aliphatic carbocycles. The standard InChI is InChI=1S/C9H7NO4.C2H6/c11-9(12)5-4-7-2-1-3-8(6-7)10(13)14;1-2/h1-6H,(H,11,12);1-2H3/b5-4+;. The van der Waals surface area contributed by atoms with E-state index in [-0.39, 0.29) is 5.69 Å². The lowest BCUT2D eigenvalue weighted by atomic mass is 10.2. The van der Waals surface area contributed by atoms with Crippen molar-refractivity contribution in [2.45, 2.75) is 13.8 Å². The van der Waals surface area contributed by atoms with Gasteiger partial charge in [0.25, 0.3) is 5.69 Å². The summed E-state index contributed by atoms with van der Waals surface area (Å²) in [5, 5.41) is 18.7. The van der Waals surface area contributed by atoms with Crippen LogP contribution in [0.1, 0.15) is 19.4 Å². The van der Waals surface area contributed by atoms with E-state index in [4.69, 9.17) is 5.11 Å². The monoisotopic (exact) mass is 223 g/mol. The molecule has 0 atom stereocenters. The quantitative estimate of drug-likeness (QED) is 0.485. The van der Waals surface area contributed by atoms with Gasteiger partial charge in [0.1, 0.15) is 0 Å². The summed E-state index contributed by atoms with van der Waals surface area (Å²) in [4.78, 5) is 20.0. The first-order valence-electron chi connectivity index (χ1n) is 4.75. The Hall–Kier alpha value is -2.17. The molecule has 0 radical (unpaired) electrons. The normalized spacial score (nSPS) is 9.38. The highest BCUT2D eigenvalue weighted by molar-refractivity contribution is 5.85. The second-order valence-corrected chi connectivity index (χ2v) is 2.52. The van der Waals surface area contributed by atoms with Crippen LogP contribution in [0.15, 0.2) is 30.3 Å². The number of hydrogen-bond acceptors (Lipinski definition) is 3. The maximum atomic E-state index is 10.4. The van der Waals surface area contributed by atoms with Crippen molar-refractivity contribution in [1.82, 2.24) is 0 Å². The van der Waals surface area contributed by atoms with E-state index in [9.17, 15) is 14.9 Å². The molecule has 0 aromatic heterocycles. The molecule has 1 aromatic carbocycles. The summed E-state index contributed by atoms with van der Waals surface area (Å²) in [5.74, 6) is -1.09. The van der Waals surface area contributed by atoms with E-state index >= 15 is 0 Å². The van der Waals surface area contributed by atoms with Crippen LogP contribution in [0.2, 0.25) is 0 Å². The number of benzene rings is 1. The zero-order valence-electron chi connectivity index (χ0n) is 9.08. The average Bonchev–Trinajstić information content (AvgIpc) is 2.29. The van der Waals surface area contributed by atoms with Crippen molar-refractivity contribution >= 4 is 17.7 Å². The number of carboxylic acids is 1. The Balaban J connectivity index is 0.00000106. The molecule has 16 heavy (non-hydrogen) atoms. The van der Waals surface area contributed by atoms with Crippen LogP contribution in [0, 0.1) is 10.1 Å². The van der Waals surface area contributed by atoms with Crippen LogP contribution >= 0.6 is 0 Å². The summed E-state index contributed by atoms with van der Waals surface area (Å²) in [6.07, 6.45) is 2.23. The van der Waals surface area contributed by atoms with Crippen LogP contribution in [0.4, 0.5) is 5.69 Å². The smallest absolute Gasteiger partial charge is 0.328 e. The Labute approximate surface area is 93.2 Å². The Kier molecular flexibility index (Phi) is 6.19. The van der Waals surface area contributed by atoms with Crippen LogP contribution < -0.4 is 0 Å². The number of rotatable bonds is 3. The highest BCUT2D eigenvalue weighted by Gasteiger charge is 2.03. The van der Waals surface area contributed by atoms with Crippen LogP contribution in [0.25, 0.3) is 6.08 Å². The van der Waals surface area contributed by atoms with Gasteiger partial charge in [-0.15, -0.1) is 0 Å². The van der Waals surface area contributed by atoms with Crippen molar-refractivity contribution in [2.24, 2.45) is 0 Å². The Bertz CT molecular complexity index is 399. The van der Waals surface area contributed by atoms with Crippen LogP contribution in [0.3, 0.4) is 0 Å². The van der Waals surface area contributed by atoms with E-state index in [1.54, 1.807) is 6.07 Å². The predicted octanol–water partition coefficient (Wildman–Crippen LogP) is 2.72. The van der Waals surface area contributed by atoms with Gasteiger partial charge in [-0.25, -0.2) is 4.79 Å². The summed E-state index contributed by atoms with van der Waals surface area (Å²) < 4.78 is 0. The molecule has 5 heteroatoms. The number of carboxylic acid groups (broad SMARTS) is 1. The fourth-order valence-electron chi connectivity index (χ4n) is 0.910. The first-order valence-corrected chi connectivity index (χ1v) is 4.75. The fourth-order valence-corrected chi connectivity index (χ4v) is 0.910. The minimum Gasteiger partial charge on any atom is -0.478 e. The number of nitro groups is 1. The van der Waals surface area contributed by atoms with Crippen molar-refractivity contribution in [2.75, 3.05) is 0 Å². The molecule has 1 aromatic rings. The largest absolute Gasteiger partial charge is 0.478 e. The molecule has 1 N–H and O–H groups in total. The minimum absolute atomic E-state index is 0.0578. The molecule has 5 nitrogen and oxygen atoms in total. The Morgan fingerprint density at radius 3 is 2.56 bits per heavy atom. The second-order valence-electron chi connectivity index (χ2n) is 2.52. The first kappa shape index (κ1) is 13.8. The molecule has 0 fully saturated rings. The molecule has 0 bridgehead atoms. The number of carbonyl (C=O) groups is 1. The van der Waals surface area contributed by atoms with Crippen molar-refractivity contribution in [3.05, 3.63) is 46.0 Å². The van der Waals surface area contributed by atoms with E-state index in [0.717, 1.165) is 6.08 Å². The van der Waals surface area contributed by atoms with Gasteiger partial charge >= 0.3 is 5.97 Å². The number of nitro benzene ring substituents is 1. The van der Waals surface area contributed by atoms with Crippen molar-refractivity contribution in [3.8, 4) is 0 Å². The third-order valence-electron chi connectivity index (χ3n) is 1.50. The first-order chi connectivity index (χ1) is 7.59. The van der Waals surface area contributed by atoms with Gasteiger partial charge in [-0.2, -0.15) is 0 Å². The molecule has 0 heterocycles. The Morgan fingerprint density at radius 2 is 2.06 bits per heavy atom. The molecule has 0 spiro atoms.